The topological polar surface area (TPSA) is 73.3 Å². The van der Waals surface area contributed by atoms with Crippen molar-refractivity contribution in [3.8, 4) is 17.4 Å². The highest BCUT2D eigenvalue weighted by Gasteiger charge is 2.06. The van der Waals surface area contributed by atoms with Crippen LogP contribution in [0.15, 0.2) is 67.1 Å². The molecule has 126 valence electrons. The van der Waals surface area contributed by atoms with E-state index in [1.165, 1.54) is 6.20 Å². The van der Waals surface area contributed by atoms with Gasteiger partial charge in [-0.2, -0.15) is 0 Å². The molecule has 0 radical (unpaired) electrons. The van der Waals surface area contributed by atoms with Gasteiger partial charge in [0, 0.05) is 18.1 Å². The number of benzene rings is 2. The maximum atomic E-state index is 11.9. The summed E-state index contributed by atoms with van der Waals surface area (Å²) in [7, 11) is 0. The fourth-order valence-corrected chi connectivity index (χ4v) is 2.16. The van der Waals surface area contributed by atoms with Crippen LogP contribution < -0.4 is 14.8 Å². The van der Waals surface area contributed by atoms with Crippen LogP contribution in [0.1, 0.15) is 0 Å². The zero-order chi connectivity index (χ0) is 17.5. The molecule has 1 amide bonds. The van der Waals surface area contributed by atoms with Crippen LogP contribution in [0.4, 0.5) is 5.69 Å². The molecule has 1 heterocycles. The second-order valence-electron chi connectivity index (χ2n) is 4.94. The van der Waals surface area contributed by atoms with E-state index in [1.54, 1.807) is 60.9 Å². The van der Waals surface area contributed by atoms with E-state index < -0.39 is 0 Å². The third-order valence-corrected chi connectivity index (χ3v) is 3.41. The molecule has 7 heteroatoms. The number of aromatic nitrogens is 2. The molecular formula is C18H14ClN3O3. The Hall–Kier alpha value is -3.12. The van der Waals surface area contributed by atoms with Gasteiger partial charge in [-0.1, -0.05) is 23.7 Å². The standard InChI is InChI=1S/C18H14ClN3O3/c19-15-3-1-2-4-16(15)24-12-17(23)22-13-5-7-14(8-6-13)25-18-11-20-9-10-21-18/h1-11H,12H2,(H,22,23). The first-order valence-corrected chi connectivity index (χ1v) is 7.79. The Morgan fingerprint density at radius 1 is 1.08 bits per heavy atom. The average molecular weight is 356 g/mol. The third-order valence-electron chi connectivity index (χ3n) is 3.10. The third kappa shape index (κ3) is 4.92. The number of anilines is 1. The quantitative estimate of drug-likeness (QED) is 0.725. The first kappa shape index (κ1) is 16.7. The summed E-state index contributed by atoms with van der Waals surface area (Å²) in [5.74, 6) is 1.16. The van der Waals surface area contributed by atoms with Crippen LogP contribution in [0.2, 0.25) is 5.02 Å². The van der Waals surface area contributed by atoms with Gasteiger partial charge in [0.15, 0.2) is 6.61 Å². The lowest BCUT2D eigenvalue weighted by atomic mass is 10.3. The maximum absolute atomic E-state index is 11.9. The summed E-state index contributed by atoms with van der Waals surface area (Å²) in [5, 5.41) is 3.19. The number of hydrogen-bond acceptors (Lipinski definition) is 5. The molecule has 0 aliphatic rings. The van der Waals surface area contributed by atoms with Crippen molar-refractivity contribution in [3.63, 3.8) is 0 Å². The number of carbonyl (C=O) groups is 1. The Bertz CT molecular complexity index is 842. The van der Waals surface area contributed by atoms with E-state index in [0.717, 1.165) is 0 Å². The summed E-state index contributed by atoms with van der Waals surface area (Å²) in [4.78, 5) is 19.9. The second-order valence-corrected chi connectivity index (χ2v) is 5.34. The van der Waals surface area contributed by atoms with Crippen molar-refractivity contribution in [2.24, 2.45) is 0 Å². The largest absolute Gasteiger partial charge is 0.482 e. The molecule has 0 spiro atoms. The average Bonchev–Trinajstić information content (AvgIpc) is 2.64. The van der Waals surface area contributed by atoms with Crippen LogP contribution in [-0.2, 0) is 4.79 Å². The first-order chi connectivity index (χ1) is 12.2. The molecule has 0 aliphatic carbocycles. The van der Waals surface area contributed by atoms with E-state index in [2.05, 4.69) is 15.3 Å². The number of rotatable bonds is 6. The summed E-state index contributed by atoms with van der Waals surface area (Å²) in [6, 6.07) is 13.9. The van der Waals surface area contributed by atoms with Crippen molar-refractivity contribution >= 4 is 23.2 Å². The fourth-order valence-electron chi connectivity index (χ4n) is 1.97. The molecule has 0 aliphatic heterocycles. The Morgan fingerprint density at radius 2 is 1.88 bits per heavy atom. The number of halogens is 1. The summed E-state index contributed by atoms with van der Waals surface area (Å²) in [5.41, 5.74) is 0.624. The predicted octanol–water partition coefficient (Wildman–Crippen LogP) is 3.94. The van der Waals surface area contributed by atoms with Crippen LogP contribution in [-0.4, -0.2) is 22.5 Å². The molecule has 0 saturated carbocycles. The van der Waals surface area contributed by atoms with Gasteiger partial charge in [0.2, 0.25) is 5.88 Å². The zero-order valence-corrected chi connectivity index (χ0v) is 13.8. The predicted molar refractivity (Wildman–Crippen MR) is 94.1 cm³/mol. The van der Waals surface area contributed by atoms with Gasteiger partial charge in [-0.25, -0.2) is 4.98 Å². The van der Waals surface area contributed by atoms with Crippen molar-refractivity contribution in [1.82, 2.24) is 9.97 Å². The van der Waals surface area contributed by atoms with Gasteiger partial charge in [0.05, 0.1) is 11.2 Å². The van der Waals surface area contributed by atoms with Crippen LogP contribution in [0.25, 0.3) is 0 Å². The van der Waals surface area contributed by atoms with Crippen molar-refractivity contribution in [1.29, 1.82) is 0 Å². The van der Waals surface area contributed by atoms with Gasteiger partial charge in [-0.3, -0.25) is 9.78 Å². The highest BCUT2D eigenvalue weighted by Crippen LogP contribution is 2.23. The molecular weight excluding hydrogens is 342 g/mol. The molecule has 0 fully saturated rings. The molecule has 1 aromatic heterocycles. The summed E-state index contributed by atoms with van der Waals surface area (Å²) < 4.78 is 10.9. The number of para-hydroxylation sites is 1. The number of nitrogens with zero attached hydrogens (tertiary/aromatic N) is 2. The first-order valence-electron chi connectivity index (χ1n) is 7.42. The maximum Gasteiger partial charge on any atom is 0.262 e. The minimum atomic E-state index is -0.289. The summed E-state index contributed by atoms with van der Waals surface area (Å²) in [6.07, 6.45) is 4.63. The summed E-state index contributed by atoms with van der Waals surface area (Å²) in [6.45, 7) is -0.137. The number of amides is 1. The van der Waals surface area contributed by atoms with Gasteiger partial charge in [0.1, 0.15) is 11.5 Å². The van der Waals surface area contributed by atoms with Crippen molar-refractivity contribution in [2.75, 3.05) is 11.9 Å². The smallest absolute Gasteiger partial charge is 0.262 e. The number of nitrogens with one attached hydrogen (secondary N) is 1. The van der Waals surface area contributed by atoms with Crippen molar-refractivity contribution in [3.05, 3.63) is 72.1 Å². The molecule has 3 rings (SSSR count). The van der Waals surface area contributed by atoms with Gasteiger partial charge >= 0.3 is 0 Å². The molecule has 0 atom stereocenters. The van der Waals surface area contributed by atoms with E-state index >= 15 is 0 Å². The molecule has 3 aromatic rings. The molecule has 0 unspecified atom stereocenters. The van der Waals surface area contributed by atoms with E-state index in [-0.39, 0.29) is 12.5 Å². The molecule has 25 heavy (non-hydrogen) atoms. The molecule has 2 aromatic carbocycles. The fraction of sp³-hybridized carbons (Fsp3) is 0.0556. The van der Waals surface area contributed by atoms with Crippen LogP contribution in [0.3, 0.4) is 0 Å². The molecule has 1 N–H and O–H groups in total. The Labute approximate surface area is 149 Å². The van der Waals surface area contributed by atoms with Crippen molar-refractivity contribution in [2.45, 2.75) is 0 Å². The van der Waals surface area contributed by atoms with Crippen LogP contribution in [0, 0.1) is 0 Å². The van der Waals surface area contributed by atoms with Crippen LogP contribution >= 0.6 is 11.6 Å². The Balaban J connectivity index is 1.52. The molecule has 0 saturated heterocycles. The Morgan fingerprint density at radius 3 is 2.60 bits per heavy atom. The molecule has 6 nitrogen and oxygen atoms in total. The highest BCUT2D eigenvalue weighted by molar-refractivity contribution is 6.32. The van der Waals surface area contributed by atoms with Gasteiger partial charge in [0.25, 0.3) is 5.91 Å². The van der Waals surface area contributed by atoms with E-state index in [4.69, 9.17) is 21.1 Å². The number of ether oxygens (including phenoxy) is 2. The summed E-state index contributed by atoms with van der Waals surface area (Å²) >= 11 is 5.97. The highest BCUT2D eigenvalue weighted by atomic mass is 35.5. The lowest BCUT2D eigenvalue weighted by molar-refractivity contribution is -0.118. The minimum absolute atomic E-state index is 0.137. The van der Waals surface area contributed by atoms with Crippen molar-refractivity contribution < 1.29 is 14.3 Å². The normalized spacial score (nSPS) is 10.1. The number of carbonyl (C=O) groups excluding carboxylic acids is 1. The monoisotopic (exact) mass is 355 g/mol. The minimum Gasteiger partial charge on any atom is -0.482 e. The SMILES string of the molecule is O=C(COc1ccccc1Cl)Nc1ccc(Oc2cnccn2)cc1. The van der Waals surface area contributed by atoms with Gasteiger partial charge < -0.3 is 14.8 Å². The molecule has 0 bridgehead atoms. The lowest BCUT2D eigenvalue weighted by Gasteiger charge is -2.09. The lowest BCUT2D eigenvalue weighted by Crippen LogP contribution is -2.20. The van der Waals surface area contributed by atoms with E-state index in [1.807, 2.05) is 0 Å². The van der Waals surface area contributed by atoms with E-state index in [0.29, 0.717) is 28.1 Å². The van der Waals surface area contributed by atoms with Crippen LogP contribution in [0.5, 0.6) is 17.4 Å². The Kier molecular flexibility index (Phi) is 5.43. The second kappa shape index (κ2) is 8.12. The van der Waals surface area contributed by atoms with Gasteiger partial charge in [-0.15, -0.1) is 0 Å². The number of hydrogen-bond donors (Lipinski definition) is 1. The zero-order valence-electron chi connectivity index (χ0n) is 13.1. The van der Waals surface area contributed by atoms with Gasteiger partial charge in [-0.05, 0) is 36.4 Å². The van der Waals surface area contributed by atoms with E-state index in [9.17, 15) is 4.79 Å².